The van der Waals surface area contributed by atoms with E-state index in [-0.39, 0.29) is 5.01 Å². The summed E-state index contributed by atoms with van der Waals surface area (Å²) in [5.41, 5.74) is 1.21. The molecule has 38 heavy (non-hydrogen) atoms. The number of aryl methyl sites for hydroxylation is 2. The van der Waals surface area contributed by atoms with Crippen molar-refractivity contribution >= 4 is 40.7 Å². The van der Waals surface area contributed by atoms with Gasteiger partial charge in [-0.25, -0.2) is 26.7 Å². The van der Waals surface area contributed by atoms with Crippen LogP contribution in [0.2, 0.25) is 0 Å². The third-order valence-electron chi connectivity index (χ3n) is 6.36. The second kappa shape index (κ2) is 9.40. The van der Waals surface area contributed by atoms with Crippen molar-refractivity contribution in [2.24, 2.45) is 5.10 Å². The predicted octanol–water partition coefficient (Wildman–Crippen LogP) is 5.65. The molecule has 0 saturated heterocycles. The summed E-state index contributed by atoms with van der Waals surface area (Å²) in [6, 6.07) is 13.2. The van der Waals surface area contributed by atoms with Gasteiger partial charge in [0.05, 0.1) is 5.57 Å². The number of fused-ring (bicyclic) bond motifs is 1. The molecule has 6 nitrogen and oxygen atoms in total. The highest BCUT2D eigenvalue weighted by Crippen LogP contribution is 2.36. The van der Waals surface area contributed by atoms with Gasteiger partial charge in [-0.3, -0.25) is 4.79 Å². The van der Waals surface area contributed by atoms with Gasteiger partial charge in [0.15, 0.2) is 29.0 Å². The number of hydrogen-bond acceptors (Lipinski definition) is 4. The lowest BCUT2D eigenvalue weighted by Crippen LogP contribution is -2.25. The monoisotopic (exact) mass is 527 g/mol. The number of carboxylic acids is 1. The molecule has 0 fully saturated rings. The first-order valence-electron chi connectivity index (χ1n) is 11.5. The van der Waals surface area contributed by atoms with Crippen molar-refractivity contribution in [3.05, 3.63) is 93.8 Å². The molecular weight excluding hydrogens is 509 g/mol. The van der Waals surface area contributed by atoms with Crippen LogP contribution in [0.5, 0.6) is 0 Å². The predicted molar refractivity (Wildman–Crippen MR) is 130 cm³/mol. The van der Waals surface area contributed by atoms with Gasteiger partial charge < -0.3 is 10.0 Å². The normalized spacial score (nSPS) is 16.2. The fourth-order valence-electron chi connectivity index (χ4n) is 4.50. The van der Waals surface area contributed by atoms with Gasteiger partial charge in [-0.1, -0.05) is 23.8 Å². The average molecular weight is 527 g/mol. The Balaban J connectivity index is 1.54. The van der Waals surface area contributed by atoms with E-state index in [1.165, 1.54) is 0 Å². The zero-order valence-electron chi connectivity index (χ0n) is 19.7. The molecule has 3 aromatic carbocycles. The van der Waals surface area contributed by atoms with Crippen LogP contribution in [-0.4, -0.2) is 29.2 Å². The van der Waals surface area contributed by atoms with E-state index in [2.05, 4.69) is 10.0 Å². The summed E-state index contributed by atoms with van der Waals surface area (Å²) in [6.07, 6.45) is 2.70. The largest absolute Gasteiger partial charge is 0.476 e. The summed E-state index contributed by atoms with van der Waals surface area (Å²) in [5, 5.41) is 12.8. The molecule has 0 spiro atoms. The van der Waals surface area contributed by atoms with Crippen LogP contribution in [0.25, 0.3) is 6.08 Å². The molecule has 0 aromatic heterocycles. The molecule has 0 radical (unpaired) electrons. The van der Waals surface area contributed by atoms with E-state index in [1.807, 2.05) is 31.2 Å². The van der Waals surface area contributed by atoms with Crippen LogP contribution in [0, 0.1) is 36.0 Å². The molecule has 0 bridgehead atoms. The van der Waals surface area contributed by atoms with Crippen molar-refractivity contribution < 1.29 is 36.6 Å². The molecule has 0 unspecified atom stereocenters. The number of rotatable bonds is 4. The Kier molecular flexibility index (Phi) is 6.22. The average Bonchev–Trinajstić information content (AvgIpc) is 3.22. The number of nitrogens with zero attached hydrogens (tertiary/aromatic N) is 3. The maximum atomic E-state index is 14.3. The number of amides is 1. The maximum absolute atomic E-state index is 14.3. The molecule has 0 aliphatic carbocycles. The number of benzene rings is 3. The lowest BCUT2D eigenvalue weighted by molar-refractivity contribution is -0.129. The third-order valence-corrected chi connectivity index (χ3v) is 6.36. The molecule has 0 saturated carbocycles. The first-order valence-corrected chi connectivity index (χ1v) is 11.5. The lowest BCUT2D eigenvalue weighted by Gasteiger charge is -2.31. The van der Waals surface area contributed by atoms with Gasteiger partial charge in [-0.05, 0) is 61.2 Å². The van der Waals surface area contributed by atoms with E-state index in [1.54, 1.807) is 18.2 Å². The van der Waals surface area contributed by atoms with E-state index in [4.69, 9.17) is 0 Å². The molecule has 1 N–H and O–H groups in total. The fourth-order valence-corrected chi connectivity index (χ4v) is 4.50. The lowest BCUT2D eigenvalue weighted by atomic mass is 9.97. The van der Waals surface area contributed by atoms with Crippen LogP contribution in [0.15, 0.2) is 53.1 Å². The Morgan fingerprint density at radius 1 is 0.947 bits per heavy atom. The summed E-state index contributed by atoms with van der Waals surface area (Å²) in [4.78, 5) is 26.9. The molecule has 2 aliphatic heterocycles. The van der Waals surface area contributed by atoms with E-state index < -0.39 is 57.9 Å². The number of carbonyl (C=O) groups is 2. The van der Waals surface area contributed by atoms with E-state index in [0.29, 0.717) is 12.0 Å². The van der Waals surface area contributed by atoms with Gasteiger partial charge in [0.2, 0.25) is 5.82 Å². The molecule has 11 heteroatoms. The number of hydrazone groups is 1. The molecular formula is C27H18F5N3O3. The van der Waals surface area contributed by atoms with Crippen LogP contribution in [0.4, 0.5) is 39.0 Å². The molecule has 194 valence electrons. The first-order chi connectivity index (χ1) is 18.1. The van der Waals surface area contributed by atoms with Gasteiger partial charge in [-0.2, -0.15) is 10.1 Å². The Hall–Kier alpha value is -4.54. The fraction of sp³-hybridized carbons (Fsp3) is 0.148. The van der Waals surface area contributed by atoms with Gasteiger partial charge in [0.1, 0.15) is 5.69 Å². The SMILES string of the molecule is Cc1ccc(N2CCCc3cc(C=C4C(=O)N(c5c(F)c(F)c(F)c(F)c5F)N=C4C(=O)O)ccc32)cc1. The third kappa shape index (κ3) is 4.09. The molecule has 2 heterocycles. The summed E-state index contributed by atoms with van der Waals surface area (Å²) in [7, 11) is 0. The highest BCUT2D eigenvalue weighted by molar-refractivity contribution is 6.53. The molecule has 0 atom stereocenters. The number of hydrogen-bond donors (Lipinski definition) is 1. The van der Waals surface area contributed by atoms with Crippen LogP contribution in [0.1, 0.15) is 23.1 Å². The zero-order chi connectivity index (χ0) is 27.3. The summed E-state index contributed by atoms with van der Waals surface area (Å²) in [5.74, 6) is -14.7. The van der Waals surface area contributed by atoms with E-state index >= 15 is 0 Å². The van der Waals surface area contributed by atoms with Crippen molar-refractivity contribution in [2.75, 3.05) is 16.5 Å². The highest BCUT2D eigenvalue weighted by Gasteiger charge is 2.40. The minimum Gasteiger partial charge on any atom is -0.476 e. The van der Waals surface area contributed by atoms with Gasteiger partial charge in [-0.15, -0.1) is 0 Å². The van der Waals surface area contributed by atoms with Crippen molar-refractivity contribution in [1.82, 2.24) is 0 Å². The number of carbonyl (C=O) groups excluding carboxylic acids is 1. The Labute approximate surface area is 212 Å². The molecule has 3 aromatic rings. The minimum atomic E-state index is -2.41. The first kappa shape index (κ1) is 25.1. The maximum Gasteiger partial charge on any atom is 0.357 e. The van der Waals surface area contributed by atoms with Crippen molar-refractivity contribution in [3.63, 3.8) is 0 Å². The van der Waals surface area contributed by atoms with Gasteiger partial charge in [0.25, 0.3) is 5.91 Å². The summed E-state index contributed by atoms with van der Waals surface area (Å²) < 4.78 is 69.6. The number of carboxylic acid groups (broad SMARTS) is 1. The van der Waals surface area contributed by atoms with Crippen LogP contribution in [-0.2, 0) is 16.0 Å². The second-order valence-electron chi connectivity index (χ2n) is 8.83. The Morgan fingerprint density at radius 2 is 1.58 bits per heavy atom. The number of anilines is 3. The van der Waals surface area contributed by atoms with E-state index in [9.17, 15) is 36.6 Å². The van der Waals surface area contributed by atoms with Crippen LogP contribution >= 0.6 is 0 Å². The minimum absolute atomic E-state index is 0.122. The van der Waals surface area contributed by atoms with Crippen LogP contribution in [0.3, 0.4) is 0 Å². The summed E-state index contributed by atoms with van der Waals surface area (Å²) in [6.45, 7) is 2.77. The second-order valence-corrected chi connectivity index (χ2v) is 8.83. The quantitative estimate of drug-likeness (QED) is 0.206. The Morgan fingerprint density at radius 3 is 2.21 bits per heavy atom. The van der Waals surface area contributed by atoms with Crippen molar-refractivity contribution in [1.29, 1.82) is 0 Å². The Bertz CT molecular complexity index is 1540. The number of aliphatic carboxylic acids is 1. The summed E-state index contributed by atoms with van der Waals surface area (Å²) >= 11 is 0. The highest BCUT2D eigenvalue weighted by atomic mass is 19.2. The molecule has 1 amide bonds. The van der Waals surface area contributed by atoms with Gasteiger partial charge in [0, 0.05) is 17.9 Å². The van der Waals surface area contributed by atoms with E-state index in [0.717, 1.165) is 41.5 Å². The van der Waals surface area contributed by atoms with Crippen molar-refractivity contribution in [3.8, 4) is 0 Å². The topological polar surface area (TPSA) is 73.2 Å². The smallest absolute Gasteiger partial charge is 0.357 e. The van der Waals surface area contributed by atoms with Crippen LogP contribution < -0.4 is 9.91 Å². The standard InChI is InChI=1S/C27H18F5N3O3/c1-13-4-7-16(8-5-13)34-10-2-3-15-11-14(6-9-18(15)34)12-17-24(27(37)38)33-35(26(17)36)25-22(31)20(29)19(28)21(30)23(25)32/h4-9,11-12H,2-3,10H2,1H3,(H,37,38). The van der Waals surface area contributed by atoms with Gasteiger partial charge >= 0.3 is 5.97 Å². The molecule has 5 rings (SSSR count). The zero-order valence-corrected chi connectivity index (χ0v) is 19.7. The molecule has 2 aliphatic rings. The number of halogens is 5. The van der Waals surface area contributed by atoms with Crippen molar-refractivity contribution in [2.45, 2.75) is 19.8 Å².